The minimum atomic E-state index is -3.92. The summed E-state index contributed by atoms with van der Waals surface area (Å²) >= 11 is 0. The third-order valence-electron chi connectivity index (χ3n) is 3.66. The smallest absolute Gasteiger partial charge is 0.264 e. The molecule has 0 N–H and O–H groups in total. The van der Waals surface area contributed by atoms with Crippen LogP contribution in [-0.2, 0) is 16.4 Å². The van der Waals surface area contributed by atoms with Gasteiger partial charge in [0.2, 0.25) is 0 Å². The second kappa shape index (κ2) is 7.00. The lowest BCUT2D eigenvalue weighted by Gasteiger charge is -2.29. The van der Waals surface area contributed by atoms with Crippen molar-refractivity contribution in [3.63, 3.8) is 0 Å². The van der Waals surface area contributed by atoms with Gasteiger partial charge in [0.25, 0.3) is 15.7 Å². The molecule has 0 bridgehead atoms. The van der Waals surface area contributed by atoms with Gasteiger partial charge in [0.15, 0.2) is 0 Å². The largest absolute Gasteiger partial charge is 0.270 e. The Kier molecular flexibility index (Phi) is 5.23. The molecule has 0 aliphatic carbocycles. The first kappa shape index (κ1) is 17.9. The minimum Gasteiger partial charge on any atom is -0.264 e. The molecule has 0 spiro atoms. The fourth-order valence-electron chi connectivity index (χ4n) is 2.58. The van der Waals surface area contributed by atoms with E-state index in [2.05, 4.69) is 0 Å². The van der Waals surface area contributed by atoms with E-state index in [0.29, 0.717) is 17.7 Å². The number of rotatable bonds is 6. The van der Waals surface area contributed by atoms with Gasteiger partial charge in [-0.25, -0.2) is 8.42 Å². The van der Waals surface area contributed by atoms with E-state index in [0.717, 1.165) is 6.07 Å². The quantitative estimate of drug-likeness (QED) is 0.588. The zero-order chi connectivity index (χ0) is 17.9. The first-order valence-corrected chi connectivity index (χ1v) is 9.09. The maximum Gasteiger partial charge on any atom is 0.270 e. The van der Waals surface area contributed by atoms with Crippen molar-refractivity contribution >= 4 is 21.4 Å². The lowest BCUT2D eigenvalue weighted by atomic mass is 10.1. The van der Waals surface area contributed by atoms with Crippen molar-refractivity contribution in [2.24, 2.45) is 0 Å². The number of non-ortho nitro benzene ring substituents is 1. The molecule has 24 heavy (non-hydrogen) atoms. The molecule has 2 aromatic carbocycles. The van der Waals surface area contributed by atoms with Crippen LogP contribution in [0.5, 0.6) is 0 Å². The number of sulfonamides is 1. The standard InChI is InChI=1S/C17H20N2O4S/c1-4-14-10-11-16(19(20)21)12-17(14)24(22,23)18(13(2)3)15-8-6-5-7-9-15/h5-13H,4H2,1-3H3. The predicted octanol–water partition coefficient (Wildman–Crippen LogP) is 3.76. The highest BCUT2D eigenvalue weighted by molar-refractivity contribution is 7.93. The van der Waals surface area contributed by atoms with Crippen LogP contribution < -0.4 is 4.31 Å². The highest BCUT2D eigenvalue weighted by atomic mass is 32.2. The van der Waals surface area contributed by atoms with Gasteiger partial charge >= 0.3 is 0 Å². The molecule has 0 heterocycles. The molecular formula is C17H20N2O4S. The highest BCUT2D eigenvalue weighted by Crippen LogP contribution is 2.30. The average Bonchev–Trinajstić information content (AvgIpc) is 2.54. The van der Waals surface area contributed by atoms with Gasteiger partial charge in [0.05, 0.1) is 15.5 Å². The molecule has 128 valence electrons. The molecule has 0 saturated carbocycles. The van der Waals surface area contributed by atoms with Crippen molar-refractivity contribution in [1.29, 1.82) is 0 Å². The summed E-state index contributed by atoms with van der Waals surface area (Å²) in [4.78, 5) is 10.5. The van der Waals surface area contributed by atoms with Crippen LogP contribution in [-0.4, -0.2) is 19.4 Å². The number of hydrogen-bond acceptors (Lipinski definition) is 4. The molecule has 0 unspecified atom stereocenters. The molecule has 0 aliphatic heterocycles. The molecule has 0 aliphatic rings. The summed E-state index contributed by atoms with van der Waals surface area (Å²) in [5.74, 6) is 0. The van der Waals surface area contributed by atoms with Gasteiger partial charge in [0.1, 0.15) is 0 Å². The van der Waals surface area contributed by atoms with Crippen LogP contribution >= 0.6 is 0 Å². The van der Waals surface area contributed by atoms with E-state index in [1.54, 1.807) is 44.2 Å². The molecular weight excluding hydrogens is 328 g/mol. The van der Waals surface area contributed by atoms with E-state index >= 15 is 0 Å². The first-order chi connectivity index (χ1) is 11.3. The number of nitro groups is 1. The second-order valence-corrected chi connectivity index (χ2v) is 7.42. The number of hydrogen-bond donors (Lipinski definition) is 0. The van der Waals surface area contributed by atoms with Gasteiger partial charge in [-0.1, -0.05) is 31.2 Å². The van der Waals surface area contributed by atoms with E-state index in [-0.39, 0.29) is 16.6 Å². The highest BCUT2D eigenvalue weighted by Gasteiger charge is 2.30. The molecule has 0 amide bonds. The Hall–Kier alpha value is -2.41. The summed E-state index contributed by atoms with van der Waals surface area (Å²) in [7, 11) is -3.92. The number of para-hydroxylation sites is 1. The van der Waals surface area contributed by atoms with Crippen LogP contribution in [0.15, 0.2) is 53.4 Å². The Morgan fingerprint density at radius 1 is 1.12 bits per heavy atom. The van der Waals surface area contributed by atoms with Crippen molar-refractivity contribution in [3.05, 3.63) is 64.2 Å². The maximum absolute atomic E-state index is 13.2. The average molecular weight is 348 g/mol. The fourth-order valence-corrected chi connectivity index (χ4v) is 4.56. The van der Waals surface area contributed by atoms with Gasteiger partial charge in [-0.15, -0.1) is 0 Å². The van der Waals surface area contributed by atoms with E-state index < -0.39 is 14.9 Å². The molecule has 7 heteroatoms. The number of aryl methyl sites for hydroxylation is 1. The number of nitrogens with zero attached hydrogens (tertiary/aromatic N) is 2. The van der Waals surface area contributed by atoms with Crippen LogP contribution in [0.1, 0.15) is 26.3 Å². The Bertz CT molecular complexity index is 833. The van der Waals surface area contributed by atoms with Crippen molar-refractivity contribution in [2.75, 3.05) is 4.31 Å². The zero-order valence-corrected chi connectivity index (χ0v) is 14.7. The maximum atomic E-state index is 13.2. The van der Waals surface area contributed by atoms with Crippen molar-refractivity contribution < 1.29 is 13.3 Å². The molecule has 0 saturated heterocycles. The molecule has 2 aromatic rings. The summed E-state index contributed by atoms with van der Waals surface area (Å²) in [5.41, 5.74) is 0.853. The monoisotopic (exact) mass is 348 g/mol. The summed E-state index contributed by atoms with van der Waals surface area (Å²) < 4.78 is 27.8. The summed E-state index contributed by atoms with van der Waals surface area (Å²) in [6.45, 7) is 5.36. The molecule has 0 fully saturated rings. The predicted molar refractivity (Wildman–Crippen MR) is 93.7 cm³/mol. The summed E-state index contributed by atoms with van der Waals surface area (Å²) in [6.07, 6.45) is 0.466. The fraction of sp³-hybridized carbons (Fsp3) is 0.294. The Morgan fingerprint density at radius 2 is 1.75 bits per heavy atom. The second-order valence-electron chi connectivity index (χ2n) is 5.63. The van der Waals surface area contributed by atoms with Gasteiger partial charge in [0, 0.05) is 18.2 Å². The van der Waals surface area contributed by atoms with Gasteiger partial charge in [-0.3, -0.25) is 14.4 Å². The number of nitro benzene ring substituents is 1. The van der Waals surface area contributed by atoms with E-state index in [1.165, 1.54) is 16.4 Å². The van der Waals surface area contributed by atoms with E-state index in [1.807, 2.05) is 6.92 Å². The number of anilines is 1. The third-order valence-corrected chi connectivity index (χ3v) is 5.75. The van der Waals surface area contributed by atoms with Gasteiger partial charge in [-0.05, 0) is 38.0 Å². The van der Waals surface area contributed by atoms with E-state index in [4.69, 9.17) is 0 Å². The van der Waals surface area contributed by atoms with Crippen LogP contribution in [0.4, 0.5) is 11.4 Å². The third kappa shape index (κ3) is 3.41. The van der Waals surface area contributed by atoms with Crippen LogP contribution in [0.25, 0.3) is 0 Å². The Labute approximate surface area is 141 Å². The molecule has 2 rings (SSSR count). The van der Waals surface area contributed by atoms with Crippen molar-refractivity contribution in [3.8, 4) is 0 Å². The molecule has 0 atom stereocenters. The normalized spacial score (nSPS) is 11.5. The Balaban J connectivity index is 2.67. The van der Waals surface area contributed by atoms with Crippen LogP contribution in [0, 0.1) is 10.1 Å². The van der Waals surface area contributed by atoms with Crippen molar-refractivity contribution in [1.82, 2.24) is 0 Å². The minimum absolute atomic E-state index is 0.0169. The van der Waals surface area contributed by atoms with Gasteiger partial charge in [-0.2, -0.15) is 0 Å². The molecule has 0 radical (unpaired) electrons. The molecule has 6 nitrogen and oxygen atoms in total. The summed E-state index contributed by atoms with van der Waals surface area (Å²) in [5, 5.41) is 11.1. The summed E-state index contributed by atoms with van der Waals surface area (Å²) in [6, 6.07) is 12.4. The van der Waals surface area contributed by atoms with Crippen LogP contribution in [0.3, 0.4) is 0 Å². The van der Waals surface area contributed by atoms with E-state index in [9.17, 15) is 18.5 Å². The zero-order valence-electron chi connectivity index (χ0n) is 13.8. The van der Waals surface area contributed by atoms with Crippen LogP contribution in [0.2, 0.25) is 0 Å². The number of benzene rings is 2. The molecule has 0 aromatic heterocycles. The lowest BCUT2D eigenvalue weighted by Crippen LogP contribution is -2.37. The SMILES string of the molecule is CCc1ccc([N+](=O)[O-])cc1S(=O)(=O)N(c1ccccc1)C(C)C. The van der Waals surface area contributed by atoms with Gasteiger partial charge < -0.3 is 0 Å². The Morgan fingerprint density at radius 3 is 2.25 bits per heavy atom. The van der Waals surface area contributed by atoms with Crippen molar-refractivity contribution in [2.45, 2.75) is 38.1 Å². The lowest BCUT2D eigenvalue weighted by molar-refractivity contribution is -0.385. The first-order valence-electron chi connectivity index (χ1n) is 7.65. The topological polar surface area (TPSA) is 80.5 Å².